The molecular formula is C23H28ClN3O. The van der Waals surface area contributed by atoms with Crippen LogP contribution in [-0.2, 0) is 0 Å². The summed E-state index contributed by atoms with van der Waals surface area (Å²) < 4.78 is 0. The molecule has 1 unspecified atom stereocenters. The van der Waals surface area contributed by atoms with Crippen LogP contribution in [0.2, 0.25) is 5.02 Å². The third-order valence-corrected chi connectivity index (χ3v) is 6.10. The molecule has 28 heavy (non-hydrogen) atoms. The third-order valence-electron chi connectivity index (χ3n) is 5.87. The Morgan fingerprint density at radius 3 is 2.79 bits per heavy atom. The van der Waals surface area contributed by atoms with Crippen LogP contribution in [0.5, 0.6) is 0 Å². The van der Waals surface area contributed by atoms with E-state index < -0.39 is 0 Å². The lowest BCUT2D eigenvalue weighted by atomic mass is 9.92. The molecule has 0 aromatic heterocycles. The van der Waals surface area contributed by atoms with Gasteiger partial charge in [-0.25, -0.2) is 0 Å². The van der Waals surface area contributed by atoms with Gasteiger partial charge in [-0.2, -0.15) is 0 Å². The molecule has 1 N–H and O–H groups in total. The monoisotopic (exact) mass is 397 g/mol. The van der Waals surface area contributed by atoms with Crippen molar-refractivity contribution >= 4 is 23.4 Å². The zero-order valence-electron chi connectivity index (χ0n) is 16.4. The van der Waals surface area contributed by atoms with Crippen LogP contribution in [0.15, 0.2) is 52.7 Å². The molecule has 2 aliphatic heterocycles. The summed E-state index contributed by atoms with van der Waals surface area (Å²) in [7, 11) is 2.18. The highest BCUT2D eigenvalue weighted by molar-refractivity contribution is 6.30. The van der Waals surface area contributed by atoms with E-state index in [2.05, 4.69) is 41.1 Å². The summed E-state index contributed by atoms with van der Waals surface area (Å²) in [5.41, 5.74) is 5.36. The fourth-order valence-corrected chi connectivity index (χ4v) is 4.47. The SMILES string of the molecule is CN1CCN(C2C3=N\C=C/CCC/C=C\3C(CO)=Cc3cc(Cl)ccc32)CC1. The lowest BCUT2D eigenvalue weighted by Gasteiger charge is -2.39. The van der Waals surface area contributed by atoms with Crippen molar-refractivity contribution in [3.8, 4) is 0 Å². The smallest absolute Gasteiger partial charge is 0.0789 e. The van der Waals surface area contributed by atoms with Crippen LogP contribution >= 0.6 is 11.6 Å². The van der Waals surface area contributed by atoms with Crippen molar-refractivity contribution in [3.05, 3.63) is 63.8 Å². The second-order valence-corrected chi connectivity index (χ2v) is 8.23. The summed E-state index contributed by atoms with van der Waals surface area (Å²) in [5.74, 6) is 0. The highest BCUT2D eigenvalue weighted by Crippen LogP contribution is 2.38. The summed E-state index contributed by atoms with van der Waals surface area (Å²) >= 11 is 6.33. The van der Waals surface area contributed by atoms with Gasteiger partial charge in [-0.3, -0.25) is 9.89 Å². The van der Waals surface area contributed by atoms with Crippen molar-refractivity contribution in [2.24, 2.45) is 4.99 Å². The molecular weight excluding hydrogens is 370 g/mol. The van der Waals surface area contributed by atoms with Crippen LogP contribution < -0.4 is 0 Å². The predicted octanol–water partition coefficient (Wildman–Crippen LogP) is 4.08. The minimum Gasteiger partial charge on any atom is -0.392 e. The van der Waals surface area contributed by atoms with Gasteiger partial charge >= 0.3 is 0 Å². The van der Waals surface area contributed by atoms with E-state index >= 15 is 0 Å². The van der Waals surface area contributed by atoms with E-state index in [0.717, 1.165) is 72.9 Å². The van der Waals surface area contributed by atoms with E-state index in [0.29, 0.717) is 0 Å². The molecule has 1 aromatic rings. The minimum absolute atomic E-state index is 0.00399. The minimum atomic E-state index is -0.00399. The molecule has 0 bridgehead atoms. The number of piperazine rings is 1. The third kappa shape index (κ3) is 4.01. The number of fused-ring (bicyclic) bond motifs is 2. The molecule has 1 aliphatic carbocycles. The number of halogens is 1. The molecule has 4 rings (SSSR count). The van der Waals surface area contributed by atoms with Gasteiger partial charge in [-0.15, -0.1) is 0 Å². The average molecular weight is 398 g/mol. The molecule has 148 valence electrons. The largest absolute Gasteiger partial charge is 0.392 e. The quantitative estimate of drug-likeness (QED) is 0.817. The van der Waals surface area contributed by atoms with Crippen molar-refractivity contribution < 1.29 is 5.11 Å². The second-order valence-electron chi connectivity index (χ2n) is 7.79. The Kier molecular flexibility index (Phi) is 6.12. The summed E-state index contributed by atoms with van der Waals surface area (Å²) in [6.45, 7) is 4.07. The topological polar surface area (TPSA) is 39.1 Å². The van der Waals surface area contributed by atoms with Gasteiger partial charge in [0.05, 0.1) is 18.4 Å². The summed E-state index contributed by atoms with van der Waals surface area (Å²) in [6, 6.07) is 6.18. The predicted molar refractivity (Wildman–Crippen MR) is 117 cm³/mol. The first-order valence-corrected chi connectivity index (χ1v) is 10.5. The highest BCUT2D eigenvalue weighted by Gasteiger charge is 2.34. The standard InChI is InChI=1S/C23H28ClN3O/c1-26-10-12-27(13-11-26)23-21-8-7-19(24)15-17(21)14-18(16-28)20-6-4-2-3-5-9-25-22(20)23/h5-9,14-15,23,28H,2-4,10-13,16H2,1H3/b9-5-,20-6-,25-22-. The Bertz CT molecular complexity index is 847. The van der Waals surface area contributed by atoms with Gasteiger partial charge in [0, 0.05) is 37.4 Å². The second kappa shape index (κ2) is 8.75. The Morgan fingerprint density at radius 1 is 1.18 bits per heavy atom. The number of likely N-dealkylation sites (N-methyl/N-ethyl adjacent to an activating group) is 1. The number of rotatable bonds is 2. The normalized spacial score (nSPS) is 28.8. The van der Waals surface area contributed by atoms with Gasteiger partial charge in [-0.05, 0) is 66.8 Å². The number of allylic oxidation sites excluding steroid dienone is 2. The molecule has 0 radical (unpaired) electrons. The number of nitrogens with zero attached hydrogens (tertiary/aromatic N) is 3. The van der Waals surface area contributed by atoms with E-state index in [-0.39, 0.29) is 12.6 Å². The molecule has 1 saturated heterocycles. The van der Waals surface area contributed by atoms with Crippen molar-refractivity contribution in [2.75, 3.05) is 39.8 Å². The van der Waals surface area contributed by atoms with Gasteiger partial charge in [0.15, 0.2) is 0 Å². The Hall–Kier alpha value is -1.72. The van der Waals surface area contributed by atoms with Crippen molar-refractivity contribution in [2.45, 2.75) is 25.3 Å². The van der Waals surface area contributed by atoms with Crippen molar-refractivity contribution in [1.29, 1.82) is 0 Å². The van der Waals surface area contributed by atoms with Gasteiger partial charge < -0.3 is 10.0 Å². The zero-order valence-corrected chi connectivity index (χ0v) is 17.2. The average Bonchev–Trinajstić information content (AvgIpc) is 2.75. The molecule has 1 fully saturated rings. The molecule has 0 amide bonds. The van der Waals surface area contributed by atoms with Crippen molar-refractivity contribution in [3.63, 3.8) is 0 Å². The molecule has 0 spiro atoms. The number of aliphatic hydroxyl groups is 1. The van der Waals surface area contributed by atoms with Gasteiger partial charge in [0.2, 0.25) is 0 Å². The number of hydrogen-bond donors (Lipinski definition) is 1. The summed E-state index contributed by atoms with van der Waals surface area (Å²) in [4.78, 5) is 9.85. The first-order chi connectivity index (χ1) is 13.7. The summed E-state index contributed by atoms with van der Waals surface area (Å²) in [5, 5.41) is 10.9. The number of aliphatic hydroxyl groups excluding tert-OH is 1. The first kappa shape index (κ1) is 19.6. The van der Waals surface area contributed by atoms with Crippen LogP contribution in [-0.4, -0.2) is 60.5 Å². The van der Waals surface area contributed by atoms with Crippen LogP contribution in [0.1, 0.15) is 36.4 Å². The molecule has 2 heterocycles. The molecule has 4 nitrogen and oxygen atoms in total. The van der Waals surface area contributed by atoms with Gasteiger partial charge in [0.25, 0.3) is 0 Å². The maximum absolute atomic E-state index is 10.2. The van der Waals surface area contributed by atoms with Crippen LogP contribution in [0.25, 0.3) is 6.08 Å². The number of aliphatic imine (C=N–C) groups is 1. The first-order valence-electron chi connectivity index (χ1n) is 10.1. The molecule has 0 saturated carbocycles. The molecule has 1 atom stereocenters. The fraction of sp³-hybridized carbons (Fsp3) is 0.435. The Labute approximate surface area is 172 Å². The molecule has 1 aromatic carbocycles. The lowest BCUT2D eigenvalue weighted by Crippen LogP contribution is -2.48. The van der Waals surface area contributed by atoms with Crippen LogP contribution in [0.4, 0.5) is 0 Å². The maximum Gasteiger partial charge on any atom is 0.0789 e. The lowest BCUT2D eigenvalue weighted by molar-refractivity contribution is 0.137. The summed E-state index contributed by atoms with van der Waals surface area (Å²) in [6.07, 6.45) is 11.6. The van der Waals surface area contributed by atoms with Gasteiger partial charge in [-0.1, -0.05) is 29.8 Å². The number of benzene rings is 1. The van der Waals surface area contributed by atoms with E-state index in [9.17, 15) is 5.11 Å². The van der Waals surface area contributed by atoms with E-state index in [4.69, 9.17) is 16.6 Å². The Morgan fingerprint density at radius 2 is 2.00 bits per heavy atom. The van der Waals surface area contributed by atoms with E-state index in [1.165, 1.54) is 5.56 Å². The van der Waals surface area contributed by atoms with E-state index in [1.54, 1.807) is 0 Å². The highest BCUT2D eigenvalue weighted by atomic mass is 35.5. The zero-order chi connectivity index (χ0) is 19.5. The number of hydrogen-bond acceptors (Lipinski definition) is 4. The fourth-order valence-electron chi connectivity index (χ4n) is 4.29. The molecule has 5 heteroatoms. The molecule has 3 aliphatic rings. The van der Waals surface area contributed by atoms with Crippen molar-refractivity contribution in [1.82, 2.24) is 9.80 Å². The van der Waals surface area contributed by atoms with Crippen LogP contribution in [0, 0.1) is 0 Å². The van der Waals surface area contributed by atoms with Gasteiger partial charge in [0.1, 0.15) is 0 Å². The Balaban J connectivity index is 1.90. The van der Waals surface area contributed by atoms with Crippen LogP contribution in [0.3, 0.4) is 0 Å². The van der Waals surface area contributed by atoms with E-state index in [1.807, 2.05) is 18.3 Å². The maximum atomic E-state index is 10.2.